The summed E-state index contributed by atoms with van der Waals surface area (Å²) in [6.07, 6.45) is 7.15. The number of methoxy groups -OCH3 is 1. The maximum absolute atomic E-state index is 5.49. The summed E-state index contributed by atoms with van der Waals surface area (Å²) >= 11 is 0. The first-order chi connectivity index (χ1) is 9.15. The molecule has 0 fully saturated rings. The Balaban J connectivity index is 2.38. The lowest BCUT2D eigenvalue weighted by Gasteiger charge is -2.19. The molecule has 4 nitrogen and oxygen atoms in total. The highest BCUT2D eigenvalue weighted by molar-refractivity contribution is 5.62. The van der Waals surface area contributed by atoms with E-state index in [0.717, 1.165) is 22.6 Å². The van der Waals surface area contributed by atoms with Crippen LogP contribution in [0.1, 0.15) is 11.1 Å². The zero-order valence-corrected chi connectivity index (χ0v) is 11.2. The van der Waals surface area contributed by atoms with Gasteiger partial charge < -0.3 is 9.64 Å². The molecule has 0 radical (unpaired) electrons. The predicted octanol–water partition coefficient (Wildman–Crippen LogP) is 2.54. The van der Waals surface area contributed by atoms with E-state index in [-0.39, 0.29) is 0 Å². The smallest absolute Gasteiger partial charge is 0.318 e. The van der Waals surface area contributed by atoms with Crippen molar-refractivity contribution in [2.24, 2.45) is 0 Å². The molecule has 2 rings (SSSR count). The molecule has 4 heteroatoms. The Morgan fingerprint density at radius 2 is 2.11 bits per heavy atom. The van der Waals surface area contributed by atoms with E-state index in [9.17, 15) is 0 Å². The summed E-state index contributed by atoms with van der Waals surface area (Å²) in [4.78, 5) is 10.2. The summed E-state index contributed by atoms with van der Waals surface area (Å²) in [5, 5.41) is 0. The highest BCUT2D eigenvalue weighted by atomic mass is 16.5. The number of terminal acetylenes is 1. The summed E-state index contributed by atoms with van der Waals surface area (Å²) in [5.41, 5.74) is 2.93. The second kappa shape index (κ2) is 5.40. The normalized spacial score (nSPS) is 9.79. The van der Waals surface area contributed by atoms with Crippen molar-refractivity contribution >= 4 is 11.5 Å². The number of rotatable bonds is 3. The number of hydrogen-bond donors (Lipinski definition) is 0. The van der Waals surface area contributed by atoms with Crippen LogP contribution in [0.15, 0.2) is 30.5 Å². The molecule has 0 saturated carbocycles. The average molecular weight is 253 g/mol. The van der Waals surface area contributed by atoms with Gasteiger partial charge in [-0.3, -0.25) is 0 Å². The first-order valence-corrected chi connectivity index (χ1v) is 5.83. The summed E-state index contributed by atoms with van der Waals surface area (Å²) in [5.74, 6) is 3.43. The van der Waals surface area contributed by atoms with Crippen molar-refractivity contribution in [2.75, 3.05) is 19.1 Å². The number of benzene rings is 1. The van der Waals surface area contributed by atoms with E-state index in [1.165, 1.54) is 0 Å². The van der Waals surface area contributed by atoms with Crippen LogP contribution < -0.4 is 9.64 Å². The van der Waals surface area contributed by atoms with Crippen molar-refractivity contribution in [1.82, 2.24) is 9.97 Å². The van der Waals surface area contributed by atoms with Crippen molar-refractivity contribution in [3.63, 3.8) is 0 Å². The molecule has 0 unspecified atom stereocenters. The van der Waals surface area contributed by atoms with E-state index in [1.54, 1.807) is 13.3 Å². The number of hydrogen-bond acceptors (Lipinski definition) is 4. The molecule has 2 aromatic rings. The molecule has 0 aliphatic carbocycles. The molecule has 0 amide bonds. The van der Waals surface area contributed by atoms with Crippen LogP contribution in [-0.4, -0.2) is 24.1 Å². The van der Waals surface area contributed by atoms with Crippen molar-refractivity contribution in [3.8, 4) is 18.4 Å². The minimum Gasteiger partial charge on any atom is -0.467 e. The number of ether oxygens (including phenoxy) is 1. The molecule has 1 heterocycles. The molecular formula is C15H15N3O. The van der Waals surface area contributed by atoms with Crippen LogP contribution in [0.4, 0.5) is 11.5 Å². The minimum absolute atomic E-state index is 0.341. The van der Waals surface area contributed by atoms with E-state index < -0.39 is 0 Å². The molecule has 1 aromatic heterocycles. The van der Waals surface area contributed by atoms with E-state index >= 15 is 0 Å². The van der Waals surface area contributed by atoms with Gasteiger partial charge in [0.05, 0.1) is 7.11 Å². The van der Waals surface area contributed by atoms with Crippen LogP contribution in [0.25, 0.3) is 0 Å². The van der Waals surface area contributed by atoms with Gasteiger partial charge in [0, 0.05) is 24.5 Å². The first-order valence-electron chi connectivity index (χ1n) is 5.83. The Bertz CT molecular complexity index is 632. The quantitative estimate of drug-likeness (QED) is 0.788. The summed E-state index contributed by atoms with van der Waals surface area (Å²) in [6, 6.07) is 8.13. The molecule has 0 atom stereocenters. The summed E-state index contributed by atoms with van der Waals surface area (Å²) in [7, 11) is 3.47. The van der Waals surface area contributed by atoms with Crippen molar-refractivity contribution < 1.29 is 4.74 Å². The first kappa shape index (κ1) is 12.9. The molecule has 0 saturated heterocycles. The van der Waals surface area contributed by atoms with Gasteiger partial charge in [0.1, 0.15) is 5.82 Å². The lowest BCUT2D eigenvalue weighted by Crippen LogP contribution is -2.12. The molecule has 0 spiro atoms. The molecular weight excluding hydrogens is 238 g/mol. The lowest BCUT2D eigenvalue weighted by molar-refractivity contribution is 0.380. The van der Waals surface area contributed by atoms with Gasteiger partial charge in [-0.1, -0.05) is 12.0 Å². The monoisotopic (exact) mass is 253 g/mol. The second-order valence-electron chi connectivity index (χ2n) is 4.10. The largest absolute Gasteiger partial charge is 0.467 e. The molecule has 96 valence electrons. The van der Waals surface area contributed by atoms with Crippen LogP contribution in [0, 0.1) is 19.3 Å². The van der Waals surface area contributed by atoms with Crippen LogP contribution in [0.3, 0.4) is 0 Å². The van der Waals surface area contributed by atoms with Crippen LogP contribution in [-0.2, 0) is 0 Å². The highest BCUT2D eigenvalue weighted by Crippen LogP contribution is 2.24. The number of aryl methyl sites for hydroxylation is 1. The van der Waals surface area contributed by atoms with Crippen molar-refractivity contribution in [2.45, 2.75) is 6.92 Å². The molecule has 0 bridgehead atoms. The fourth-order valence-corrected chi connectivity index (χ4v) is 1.72. The Morgan fingerprint density at radius 3 is 2.79 bits per heavy atom. The number of aromatic nitrogens is 2. The molecule has 0 N–H and O–H groups in total. The fraction of sp³-hybridized carbons (Fsp3) is 0.200. The third-order valence-corrected chi connectivity index (χ3v) is 2.91. The van der Waals surface area contributed by atoms with Gasteiger partial charge in [-0.2, -0.15) is 4.98 Å². The molecule has 0 aliphatic heterocycles. The molecule has 1 aromatic carbocycles. The maximum atomic E-state index is 5.49. The molecule has 19 heavy (non-hydrogen) atoms. The van der Waals surface area contributed by atoms with E-state index in [4.69, 9.17) is 11.2 Å². The Hall–Kier alpha value is -2.54. The fourth-order valence-electron chi connectivity index (χ4n) is 1.72. The third-order valence-electron chi connectivity index (χ3n) is 2.91. The van der Waals surface area contributed by atoms with Crippen molar-refractivity contribution in [1.29, 1.82) is 0 Å². The van der Waals surface area contributed by atoms with E-state index in [2.05, 4.69) is 15.9 Å². The minimum atomic E-state index is 0.341. The van der Waals surface area contributed by atoms with E-state index in [0.29, 0.717) is 6.01 Å². The second-order valence-corrected chi connectivity index (χ2v) is 4.10. The standard InChI is InChI=1S/C15H15N3O/c1-5-12-10-13(7-6-11(12)2)18(3)14-8-9-16-15(17-14)19-4/h1,6-10H,2-4H3. The van der Waals surface area contributed by atoms with Gasteiger partial charge in [0.25, 0.3) is 0 Å². The van der Waals surface area contributed by atoms with Gasteiger partial charge in [-0.15, -0.1) is 6.42 Å². The van der Waals surface area contributed by atoms with Crippen molar-refractivity contribution in [3.05, 3.63) is 41.6 Å². The highest BCUT2D eigenvalue weighted by Gasteiger charge is 2.08. The predicted molar refractivity (Wildman–Crippen MR) is 75.8 cm³/mol. The van der Waals surface area contributed by atoms with Crippen LogP contribution in [0.5, 0.6) is 6.01 Å². The topological polar surface area (TPSA) is 38.2 Å². The number of anilines is 2. The average Bonchev–Trinajstić information content (AvgIpc) is 2.47. The summed E-state index contributed by atoms with van der Waals surface area (Å²) < 4.78 is 5.02. The zero-order valence-electron chi connectivity index (χ0n) is 11.2. The lowest BCUT2D eigenvalue weighted by atomic mass is 10.1. The van der Waals surface area contributed by atoms with E-state index in [1.807, 2.05) is 43.1 Å². The Morgan fingerprint density at radius 1 is 1.32 bits per heavy atom. The SMILES string of the molecule is C#Cc1cc(N(C)c2ccnc(OC)n2)ccc1C. The van der Waals surface area contributed by atoms with Crippen LogP contribution >= 0.6 is 0 Å². The Kier molecular flexibility index (Phi) is 3.67. The molecule has 0 aliphatic rings. The van der Waals surface area contributed by atoms with Gasteiger partial charge in [0.15, 0.2) is 0 Å². The van der Waals surface area contributed by atoms with Gasteiger partial charge >= 0.3 is 6.01 Å². The zero-order chi connectivity index (χ0) is 13.8. The van der Waals surface area contributed by atoms with Crippen LogP contribution in [0.2, 0.25) is 0 Å². The van der Waals surface area contributed by atoms with Gasteiger partial charge in [-0.05, 0) is 30.7 Å². The van der Waals surface area contributed by atoms with Gasteiger partial charge in [-0.25, -0.2) is 4.98 Å². The van der Waals surface area contributed by atoms with Gasteiger partial charge in [0.2, 0.25) is 0 Å². The third kappa shape index (κ3) is 2.66. The maximum Gasteiger partial charge on any atom is 0.318 e. The Labute approximate surface area is 113 Å². The number of nitrogens with zero attached hydrogens (tertiary/aromatic N) is 3. The summed E-state index contributed by atoms with van der Waals surface area (Å²) in [6.45, 7) is 1.99.